The van der Waals surface area contributed by atoms with Gasteiger partial charge in [0.2, 0.25) is 0 Å². The van der Waals surface area contributed by atoms with Crippen molar-refractivity contribution < 1.29 is 9.84 Å². The lowest BCUT2D eigenvalue weighted by molar-refractivity contribution is -0.0000395. The molecule has 94 valence electrons. The predicted octanol–water partition coefficient (Wildman–Crippen LogP) is 3.22. The molecule has 0 bridgehead atoms. The Bertz CT molecular complexity index is 336. The van der Waals surface area contributed by atoms with Gasteiger partial charge in [-0.15, -0.1) is 11.8 Å². The van der Waals surface area contributed by atoms with Crippen LogP contribution < -0.4 is 0 Å². The summed E-state index contributed by atoms with van der Waals surface area (Å²) >= 11 is 7.49. The van der Waals surface area contributed by atoms with Crippen LogP contribution in [0.3, 0.4) is 0 Å². The van der Waals surface area contributed by atoms with Gasteiger partial charge >= 0.3 is 0 Å². The summed E-state index contributed by atoms with van der Waals surface area (Å²) in [7, 11) is 0. The molecular formula is C13H17ClO2S. The second kappa shape index (κ2) is 6.64. The van der Waals surface area contributed by atoms with Crippen molar-refractivity contribution in [2.24, 2.45) is 5.92 Å². The second-order valence-corrected chi connectivity index (χ2v) is 5.84. The Kier molecular flexibility index (Phi) is 5.16. The molecule has 1 N–H and O–H groups in total. The molecule has 1 aromatic rings. The summed E-state index contributed by atoms with van der Waals surface area (Å²) in [5.74, 6) is 1.01. The average molecular weight is 273 g/mol. The number of aliphatic hydroxyl groups excluding tert-OH is 1. The van der Waals surface area contributed by atoms with E-state index in [1.807, 2.05) is 24.3 Å². The molecule has 0 aromatic heterocycles. The van der Waals surface area contributed by atoms with Crippen molar-refractivity contribution in [1.82, 2.24) is 0 Å². The van der Waals surface area contributed by atoms with Crippen LogP contribution >= 0.6 is 23.4 Å². The number of rotatable bonds is 4. The molecule has 1 aromatic carbocycles. The van der Waals surface area contributed by atoms with Crippen LogP contribution in [0.15, 0.2) is 29.2 Å². The largest absolute Gasteiger partial charge is 0.392 e. The first-order chi connectivity index (χ1) is 8.25. The van der Waals surface area contributed by atoms with Crippen molar-refractivity contribution in [1.29, 1.82) is 0 Å². The molecule has 2 rings (SSSR count). The van der Waals surface area contributed by atoms with Gasteiger partial charge < -0.3 is 9.84 Å². The maximum atomic E-state index is 10.1. The number of thioether (sulfide) groups is 1. The molecule has 1 fully saturated rings. The third-order valence-corrected chi connectivity index (χ3v) is 4.34. The lowest BCUT2D eigenvalue weighted by Crippen LogP contribution is -2.30. The second-order valence-electron chi connectivity index (χ2n) is 4.31. The van der Waals surface area contributed by atoms with E-state index in [-0.39, 0.29) is 6.10 Å². The summed E-state index contributed by atoms with van der Waals surface area (Å²) in [5, 5.41) is 10.8. The third-order valence-electron chi connectivity index (χ3n) is 2.97. The number of benzene rings is 1. The summed E-state index contributed by atoms with van der Waals surface area (Å²) in [6, 6.07) is 7.72. The Labute approximate surface area is 111 Å². The SMILES string of the molecule is OC(CSc1ccc(Cl)cc1)C1CCCOC1. The van der Waals surface area contributed by atoms with Crippen molar-refractivity contribution in [2.45, 2.75) is 23.8 Å². The zero-order valence-electron chi connectivity index (χ0n) is 9.64. The van der Waals surface area contributed by atoms with Gasteiger partial charge in [-0.1, -0.05) is 11.6 Å². The molecule has 2 nitrogen and oxygen atoms in total. The molecule has 1 heterocycles. The highest BCUT2D eigenvalue weighted by Crippen LogP contribution is 2.25. The van der Waals surface area contributed by atoms with Crippen molar-refractivity contribution >= 4 is 23.4 Å². The van der Waals surface area contributed by atoms with Gasteiger partial charge in [-0.2, -0.15) is 0 Å². The first-order valence-electron chi connectivity index (χ1n) is 5.90. The van der Waals surface area contributed by atoms with Gasteiger partial charge in [0.1, 0.15) is 0 Å². The molecule has 0 spiro atoms. The van der Waals surface area contributed by atoms with E-state index in [0.29, 0.717) is 12.5 Å². The molecule has 1 aliphatic heterocycles. The Morgan fingerprint density at radius 3 is 2.82 bits per heavy atom. The topological polar surface area (TPSA) is 29.5 Å². The molecule has 0 amide bonds. The lowest BCUT2D eigenvalue weighted by Gasteiger charge is -2.26. The molecule has 0 saturated carbocycles. The predicted molar refractivity (Wildman–Crippen MR) is 71.7 cm³/mol. The maximum Gasteiger partial charge on any atom is 0.0684 e. The van der Waals surface area contributed by atoms with Gasteiger partial charge in [0, 0.05) is 28.2 Å². The van der Waals surface area contributed by atoms with E-state index in [4.69, 9.17) is 16.3 Å². The van der Waals surface area contributed by atoms with Crippen molar-refractivity contribution in [3.8, 4) is 0 Å². The number of aliphatic hydroxyl groups is 1. The highest BCUT2D eigenvalue weighted by Gasteiger charge is 2.22. The number of halogens is 1. The molecule has 17 heavy (non-hydrogen) atoms. The quantitative estimate of drug-likeness (QED) is 0.854. The van der Waals surface area contributed by atoms with Gasteiger partial charge in [-0.3, -0.25) is 0 Å². The van der Waals surface area contributed by atoms with Gasteiger partial charge in [0.15, 0.2) is 0 Å². The van der Waals surface area contributed by atoms with Crippen LogP contribution in [0.1, 0.15) is 12.8 Å². The van der Waals surface area contributed by atoms with E-state index in [9.17, 15) is 5.11 Å². The molecule has 4 heteroatoms. The van der Waals surface area contributed by atoms with Crippen molar-refractivity contribution in [3.05, 3.63) is 29.3 Å². The van der Waals surface area contributed by atoms with Crippen LogP contribution in [0.2, 0.25) is 5.02 Å². The zero-order valence-corrected chi connectivity index (χ0v) is 11.2. The minimum Gasteiger partial charge on any atom is -0.392 e. The summed E-state index contributed by atoms with van der Waals surface area (Å²) in [4.78, 5) is 1.14. The van der Waals surface area contributed by atoms with E-state index >= 15 is 0 Å². The highest BCUT2D eigenvalue weighted by atomic mass is 35.5. The Morgan fingerprint density at radius 2 is 2.18 bits per heavy atom. The Morgan fingerprint density at radius 1 is 1.41 bits per heavy atom. The normalized spacial score (nSPS) is 22.4. The first kappa shape index (κ1) is 13.2. The fraction of sp³-hybridized carbons (Fsp3) is 0.538. The van der Waals surface area contributed by atoms with Crippen LogP contribution in [0.25, 0.3) is 0 Å². The maximum absolute atomic E-state index is 10.1. The van der Waals surface area contributed by atoms with Crippen LogP contribution in [0.5, 0.6) is 0 Å². The third kappa shape index (κ3) is 4.18. The Hall–Kier alpha value is -0.220. The van der Waals surface area contributed by atoms with Crippen molar-refractivity contribution in [3.63, 3.8) is 0 Å². The standard InChI is InChI=1S/C13H17ClO2S/c14-11-3-5-12(6-4-11)17-9-13(15)10-2-1-7-16-8-10/h3-6,10,13,15H,1-2,7-9H2. The van der Waals surface area contributed by atoms with Crippen LogP contribution in [-0.2, 0) is 4.74 Å². The molecule has 1 aliphatic rings. The fourth-order valence-electron chi connectivity index (χ4n) is 1.92. The molecule has 0 aliphatic carbocycles. The highest BCUT2D eigenvalue weighted by molar-refractivity contribution is 7.99. The minimum atomic E-state index is -0.282. The van der Waals surface area contributed by atoms with E-state index in [1.165, 1.54) is 0 Å². The smallest absolute Gasteiger partial charge is 0.0684 e. The first-order valence-corrected chi connectivity index (χ1v) is 7.26. The monoisotopic (exact) mass is 272 g/mol. The lowest BCUT2D eigenvalue weighted by atomic mass is 9.97. The van der Waals surface area contributed by atoms with Gasteiger partial charge in [0.05, 0.1) is 12.7 Å². The van der Waals surface area contributed by atoms with E-state index in [1.54, 1.807) is 11.8 Å². The summed E-state index contributed by atoms with van der Waals surface area (Å²) in [6.07, 6.45) is 1.85. The van der Waals surface area contributed by atoms with Gasteiger partial charge in [0.25, 0.3) is 0 Å². The van der Waals surface area contributed by atoms with E-state index in [0.717, 1.165) is 35.1 Å². The number of hydrogen-bond acceptors (Lipinski definition) is 3. The molecule has 0 radical (unpaired) electrons. The molecule has 2 unspecified atom stereocenters. The number of ether oxygens (including phenoxy) is 1. The summed E-state index contributed by atoms with van der Waals surface area (Å²) < 4.78 is 5.38. The summed E-state index contributed by atoms with van der Waals surface area (Å²) in [5.41, 5.74) is 0. The zero-order chi connectivity index (χ0) is 12.1. The van der Waals surface area contributed by atoms with Crippen LogP contribution in [0.4, 0.5) is 0 Å². The number of hydrogen-bond donors (Lipinski definition) is 1. The molecule has 2 atom stereocenters. The van der Waals surface area contributed by atoms with Crippen LogP contribution in [0, 0.1) is 5.92 Å². The van der Waals surface area contributed by atoms with Gasteiger partial charge in [-0.05, 0) is 37.1 Å². The minimum absolute atomic E-state index is 0.282. The fourth-order valence-corrected chi connectivity index (χ4v) is 3.01. The van der Waals surface area contributed by atoms with E-state index < -0.39 is 0 Å². The van der Waals surface area contributed by atoms with Crippen molar-refractivity contribution in [2.75, 3.05) is 19.0 Å². The van der Waals surface area contributed by atoms with E-state index in [2.05, 4.69) is 0 Å². The Balaban J connectivity index is 1.78. The average Bonchev–Trinajstić information content (AvgIpc) is 2.39. The molecule has 1 saturated heterocycles. The van der Waals surface area contributed by atoms with Crippen LogP contribution in [-0.4, -0.2) is 30.2 Å². The summed E-state index contributed by atoms with van der Waals surface area (Å²) in [6.45, 7) is 1.54. The molecular weight excluding hydrogens is 256 g/mol. The van der Waals surface area contributed by atoms with Gasteiger partial charge in [-0.25, -0.2) is 0 Å².